The highest BCUT2D eigenvalue weighted by atomic mass is 16.5. The summed E-state index contributed by atoms with van der Waals surface area (Å²) in [5.74, 6) is 0.651. The highest BCUT2D eigenvalue weighted by Crippen LogP contribution is 2.15. The lowest BCUT2D eigenvalue weighted by molar-refractivity contribution is 0.416. The molecule has 0 aliphatic carbocycles. The Hall–Kier alpha value is -1.98. The molecule has 2 rings (SSSR count). The number of hydrogen-bond donors (Lipinski definition) is 0. The first-order valence-electron chi connectivity index (χ1n) is 3.18. The van der Waals surface area contributed by atoms with Gasteiger partial charge in [-0.3, -0.25) is 0 Å². The van der Waals surface area contributed by atoms with Crippen molar-refractivity contribution in [2.75, 3.05) is 0 Å². The van der Waals surface area contributed by atoms with Crippen molar-refractivity contribution in [3.8, 4) is 0 Å². The Labute approximate surface area is 66.9 Å². The molecule has 6 heteroatoms. The first-order valence-corrected chi connectivity index (χ1v) is 3.18. The summed E-state index contributed by atoms with van der Waals surface area (Å²) in [6.07, 6.45) is 2.96. The molecular weight excluding hydrogens is 160 g/mol. The second kappa shape index (κ2) is 2.95. The van der Waals surface area contributed by atoms with Gasteiger partial charge in [0.05, 0.1) is 12.4 Å². The van der Waals surface area contributed by atoms with Gasteiger partial charge in [0.25, 0.3) is 11.8 Å². The fourth-order valence-electron chi connectivity index (χ4n) is 0.620. The lowest BCUT2D eigenvalue weighted by Gasteiger charge is -1.78. The van der Waals surface area contributed by atoms with Crippen LogP contribution in [-0.2, 0) is 0 Å². The molecule has 60 valence electrons. The Kier molecular flexibility index (Phi) is 1.65. The van der Waals surface area contributed by atoms with Crippen molar-refractivity contribution in [1.82, 2.24) is 10.3 Å². The lowest BCUT2D eigenvalue weighted by atomic mass is 10.7. The summed E-state index contributed by atoms with van der Waals surface area (Å²) in [6.45, 7) is 0. The van der Waals surface area contributed by atoms with Gasteiger partial charge in [-0.15, -0.1) is 10.2 Å². The van der Waals surface area contributed by atoms with E-state index in [9.17, 15) is 0 Å². The Morgan fingerprint density at radius 3 is 1.75 bits per heavy atom. The number of hydrogen-bond acceptors (Lipinski definition) is 6. The van der Waals surface area contributed by atoms with Crippen molar-refractivity contribution in [3.63, 3.8) is 0 Å². The topological polar surface area (TPSA) is 76.8 Å². The SMILES string of the molecule is c1cc(N=Nc2ccno2)on1. The molecule has 0 amide bonds. The van der Waals surface area contributed by atoms with E-state index < -0.39 is 0 Å². The van der Waals surface area contributed by atoms with Gasteiger partial charge in [-0.25, -0.2) is 0 Å². The van der Waals surface area contributed by atoms with E-state index in [2.05, 4.69) is 29.6 Å². The van der Waals surface area contributed by atoms with Crippen LogP contribution in [0.2, 0.25) is 0 Å². The van der Waals surface area contributed by atoms with E-state index in [1.807, 2.05) is 0 Å². The van der Waals surface area contributed by atoms with Gasteiger partial charge in [-0.1, -0.05) is 10.3 Å². The number of aromatic nitrogens is 2. The Morgan fingerprint density at radius 1 is 0.917 bits per heavy atom. The minimum atomic E-state index is 0.325. The number of nitrogens with zero attached hydrogens (tertiary/aromatic N) is 4. The largest absolute Gasteiger partial charge is 0.335 e. The van der Waals surface area contributed by atoms with Crippen molar-refractivity contribution in [2.45, 2.75) is 0 Å². The summed E-state index contributed by atoms with van der Waals surface area (Å²) in [5, 5.41) is 14.2. The lowest BCUT2D eigenvalue weighted by Crippen LogP contribution is -1.52. The smallest absolute Gasteiger partial charge is 0.269 e. The molecular formula is C6H4N4O2. The molecule has 2 heterocycles. The van der Waals surface area contributed by atoms with Gasteiger partial charge < -0.3 is 9.05 Å². The molecule has 0 bridgehead atoms. The number of rotatable bonds is 2. The maximum absolute atomic E-state index is 4.66. The van der Waals surface area contributed by atoms with Crippen molar-refractivity contribution >= 4 is 11.8 Å². The first-order chi connectivity index (χ1) is 5.95. The molecule has 12 heavy (non-hydrogen) atoms. The second-order valence-electron chi connectivity index (χ2n) is 1.90. The van der Waals surface area contributed by atoms with E-state index in [0.29, 0.717) is 11.8 Å². The van der Waals surface area contributed by atoms with Crippen molar-refractivity contribution < 1.29 is 9.05 Å². The molecule has 0 radical (unpaired) electrons. The third-order valence-electron chi connectivity index (χ3n) is 1.10. The summed E-state index contributed by atoms with van der Waals surface area (Å²) >= 11 is 0. The number of azo groups is 1. The van der Waals surface area contributed by atoms with Crippen molar-refractivity contribution in [2.24, 2.45) is 10.2 Å². The fourth-order valence-corrected chi connectivity index (χ4v) is 0.620. The van der Waals surface area contributed by atoms with Gasteiger partial charge in [0.1, 0.15) is 0 Å². The molecule has 0 fully saturated rings. The van der Waals surface area contributed by atoms with E-state index in [0.717, 1.165) is 0 Å². The van der Waals surface area contributed by atoms with E-state index in [1.165, 1.54) is 12.4 Å². The highest BCUT2D eigenvalue weighted by molar-refractivity contribution is 5.21. The van der Waals surface area contributed by atoms with Gasteiger partial charge in [-0.05, 0) is 0 Å². The molecule has 2 aromatic rings. The molecule has 0 aromatic carbocycles. The van der Waals surface area contributed by atoms with E-state index in [-0.39, 0.29) is 0 Å². The Morgan fingerprint density at radius 2 is 1.42 bits per heavy atom. The van der Waals surface area contributed by atoms with E-state index in [4.69, 9.17) is 0 Å². The van der Waals surface area contributed by atoms with Crippen LogP contribution in [0.4, 0.5) is 11.8 Å². The normalized spacial score (nSPS) is 11.0. The minimum absolute atomic E-state index is 0.325. The average molecular weight is 164 g/mol. The maximum atomic E-state index is 4.66. The van der Waals surface area contributed by atoms with Gasteiger partial charge in [0.2, 0.25) is 0 Å². The van der Waals surface area contributed by atoms with E-state index >= 15 is 0 Å². The maximum Gasteiger partial charge on any atom is 0.269 e. The Bertz CT molecular complexity index is 315. The molecule has 0 aliphatic heterocycles. The fraction of sp³-hybridized carbons (Fsp3) is 0. The van der Waals surface area contributed by atoms with Crippen LogP contribution in [-0.4, -0.2) is 10.3 Å². The third-order valence-corrected chi connectivity index (χ3v) is 1.10. The van der Waals surface area contributed by atoms with E-state index in [1.54, 1.807) is 12.1 Å². The molecule has 0 saturated carbocycles. The van der Waals surface area contributed by atoms with Crippen molar-refractivity contribution in [1.29, 1.82) is 0 Å². The monoisotopic (exact) mass is 164 g/mol. The Balaban J connectivity index is 2.14. The van der Waals surface area contributed by atoms with Gasteiger partial charge in [-0.2, -0.15) is 0 Å². The van der Waals surface area contributed by atoms with Gasteiger partial charge in [0.15, 0.2) is 0 Å². The van der Waals surface area contributed by atoms with Crippen LogP contribution in [0.1, 0.15) is 0 Å². The molecule has 0 spiro atoms. The summed E-state index contributed by atoms with van der Waals surface area (Å²) in [4.78, 5) is 0. The molecule has 6 nitrogen and oxygen atoms in total. The van der Waals surface area contributed by atoms with Crippen LogP contribution in [0.25, 0.3) is 0 Å². The third kappa shape index (κ3) is 1.36. The molecule has 2 aromatic heterocycles. The highest BCUT2D eigenvalue weighted by Gasteiger charge is 1.94. The molecule has 0 N–H and O–H groups in total. The van der Waals surface area contributed by atoms with Gasteiger partial charge >= 0.3 is 0 Å². The van der Waals surface area contributed by atoms with Gasteiger partial charge in [0, 0.05) is 12.1 Å². The molecule has 0 atom stereocenters. The summed E-state index contributed by atoms with van der Waals surface area (Å²) in [7, 11) is 0. The zero-order valence-corrected chi connectivity index (χ0v) is 5.91. The van der Waals surface area contributed by atoms with Crippen LogP contribution in [0, 0.1) is 0 Å². The average Bonchev–Trinajstić information content (AvgIpc) is 2.74. The molecule has 0 saturated heterocycles. The molecule has 0 unspecified atom stereocenters. The van der Waals surface area contributed by atoms with Crippen LogP contribution in [0.3, 0.4) is 0 Å². The standard InChI is InChI=1S/C6H4N4O2/c1-3-7-11-5(1)9-10-6-2-4-8-12-6/h1-4H. The minimum Gasteiger partial charge on any atom is -0.335 e. The molecule has 0 aliphatic rings. The van der Waals surface area contributed by atoms with Crippen LogP contribution in [0.5, 0.6) is 0 Å². The second-order valence-corrected chi connectivity index (χ2v) is 1.90. The van der Waals surface area contributed by atoms with Crippen LogP contribution < -0.4 is 0 Å². The predicted molar refractivity (Wildman–Crippen MR) is 37.2 cm³/mol. The predicted octanol–water partition coefficient (Wildman–Crippen LogP) is 2.08. The van der Waals surface area contributed by atoms with Crippen LogP contribution >= 0.6 is 0 Å². The van der Waals surface area contributed by atoms with Crippen molar-refractivity contribution in [3.05, 3.63) is 24.5 Å². The summed E-state index contributed by atoms with van der Waals surface area (Å²) in [6, 6.07) is 3.17. The summed E-state index contributed by atoms with van der Waals surface area (Å²) < 4.78 is 9.32. The zero-order chi connectivity index (χ0) is 8.23. The first kappa shape index (κ1) is 6.71. The van der Waals surface area contributed by atoms with Crippen LogP contribution in [0.15, 0.2) is 43.8 Å². The quantitative estimate of drug-likeness (QED) is 0.636. The zero-order valence-electron chi connectivity index (χ0n) is 5.91. The summed E-state index contributed by atoms with van der Waals surface area (Å²) in [5.41, 5.74) is 0.